The topological polar surface area (TPSA) is 96.1 Å². The lowest BCUT2D eigenvalue weighted by atomic mass is 9.94. The van der Waals surface area contributed by atoms with Crippen molar-refractivity contribution in [3.8, 4) is 0 Å². The molecule has 0 saturated heterocycles. The van der Waals surface area contributed by atoms with E-state index in [0.717, 1.165) is 29.6 Å². The summed E-state index contributed by atoms with van der Waals surface area (Å²) in [6.45, 7) is 4.63. The van der Waals surface area contributed by atoms with E-state index in [0.29, 0.717) is 43.6 Å². The summed E-state index contributed by atoms with van der Waals surface area (Å²) in [7, 11) is -3.80. The Bertz CT molecular complexity index is 1460. The Hall–Kier alpha value is -3.30. The number of pyridine rings is 1. The number of carbonyl (C=O) groups is 1. The average molecular weight is 479 g/mol. The second-order valence-electron chi connectivity index (χ2n) is 8.44. The number of imidazole rings is 1. The minimum absolute atomic E-state index is 0.108. The van der Waals surface area contributed by atoms with Gasteiger partial charge in [-0.2, -0.15) is 0 Å². The molecule has 0 aliphatic heterocycles. The van der Waals surface area contributed by atoms with Gasteiger partial charge in [0.2, 0.25) is 0 Å². The van der Waals surface area contributed by atoms with Crippen LogP contribution in [0.15, 0.2) is 66.3 Å². The van der Waals surface area contributed by atoms with Crippen LogP contribution in [0.3, 0.4) is 0 Å². The van der Waals surface area contributed by atoms with Gasteiger partial charge in [-0.3, -0.25) is 4.79 Å². The van der Waals surface area contributed by atoms with Gasteiger partial charge in [-0.05, 0) is 31.0 Å². The first kappa shape index (κ1) is 22.5. The Kier molecular flexibility index (Phi) is 6.05. The maximum absolute atomic E-state index is 13.3. The van der Waals surface area contributed by atoms with Crippen LogP contribution in [0.5, 0.6) is 0 Å². The predicted octanol–water partition coefficient (Wildman–Crippen LogP) is 4.05. The van der Waals surface area contributed by atoms with Crippen LogP contribution in [0.25, 0.3) is 22.1 Å². The molecule has 8 nitrogen and oxygen atoms in total. The van der Waals surface area contributed by atoms with Crippen LogP contribution in [-0.2, 0) is 26.0 Å². The summed E-state index contributed by atoms with van der Waals surface area (Å²) in [6, 6.07) is 10.2. The van der Waals surface area contributed by atoms with E-state index in [1.165, 1.54) is 3.97 Å². The van der Waals surface area contributed by atoms with E-state index in [-0.39, 0.29) is 16.7 Å². The Balaban J connectivity index is 1.65. The molecule has 4 aromatic rings. The highest BCUT2D eigenvalue weighted by Crippen LogP contribution is 2.35. The number of carbonyl (C=O) groups excluding carboxylic acids is 1. The third-order valence-corrected chi connectivity index (χ3v) is 7.97. The number of aromatic nitrogens is 4. The van der Waals surface area contributed by atoms with Crippen LogP contribution in [-0.4, -0.2) is 45.9 Å². The SMILES string of the molecule is C=CCOCCc1nc2cnc3c(ccn3S(=O)(=O)c3ccccc3)c2n1C1CCC(=O)CC1. The Morgan fingerprint density at radius 2 is 1.91 bits per heavy atom. The maximum Gasteiger partial charge on any atom is 0.269 e. The number of fused-ring (bicyclic) bond motifs is 3. The molecule has 0 N–H and O–H groups in total. The fraction of sp³-hybridized carbons (Fsp3) is 0.320. The van der Waals surface area contributed by atoms with Crippen molar-refractivity contribution in [2.24, 2.45) is 0 Å². The summed E-state index contributed by atoms with van der Waals surface area (Å²) in [4.78, 5) is 21.4. The molecular formula is C25H26N4O4S. The van der Waals surface area contributed by atoms with Gasteiger partial charge in [0.05, 0.1) is 29.8 Å². The normalized spacial score (nSPS) is 15.4. The molecule has 1 saturated carbocycles. The average Bonchev–Trinajstić information content (AvgIpc) is 3.45. The van der Waals surface area contributed by atoms with Crippen molar-refractivity contribution in [3.05, 3.63) is 67.3 Å². The van der Waals surface area contributed by atoms with E-state index in [9.17, 15) is 13.2 Å². The number of ketones is 1. The van der Waals surface area contributed by atoms with Crippen molar-refractivity contribution in [1.82, 2.24) is 18.5 Å². The predicted molar refractivity (Wildman–Crippen MR) is 129 cm³/mol. The Morgan fingerprint density at radius 3 is 2.65 bits per heavy atom. The molecule has 5 rings (SSSR count). The highest BCUT2D eigenvalue weighted by molar-refractivity contribution is 7.90. The minimum atomic E-state index is -3.80. The molecule has 1 aliphatic carbocycles. The van der Waals surface area contributed by atoms with E-state index in [1.54, 1.807) is 54.9 Å². The quantitative estimate of drug-likeness (QED) is 0.280. The van der Waals surface area contributed by atoms with E-state index >= 15 is 0 Å². The molecule has 0 bridgehead atoms. The number of benzene rings is 1. The number of ether oxygens (including phenoxy) is 1. The van der Waals surface area contributed by atoms with Gasteiger partial charge in [0.15, 0.2) is 5.65 Å². The van der Waals surface area contributed by atoms with E-state index in [1.807, 2.05) is 0 Å². The van der Waals surface area contributed by atoms with Gasteiger partial charge in [0.25, 0.3) is 10.0 Å². The van der Waals surface area contributed by atoms with E-state index in [2.05, 4.69) is 16.1 Å². The summed E-state index contributed by atoms with van der Waals surface area (Å²) in [5.74, 6) is 1.13. The standard InChI is InChI=1S/C25H26N4O4S/c1-2-15-33-16-13-23-27-22-17-26-25-21(24(22)29(23)18-8-10-19(30)11-9-18)12-14-28(25)34(31,32)20-6-4-3-5-7-20/h2-7,12,14,17-18H,1,8-11,13,15-16H2. The molecule has 0 amide bonds. The molecule has 176 valence electrons. The fourth-order valence-corrected chi connectivity index (χ4v) is 6.00. The van der Waals surface area contributed by atoms with Crippen molar-refractivity contribution >= 4 is 37.9 Å². The third-order valence-electron chi connectivity index (χ3n) is 6.29. The van der Waals surface area contributed by atoms with E-state index in [4.69, 9.17) is 9.72 Å². The molecule has 1 aliphatic rings. The second-order valence-corrected chi connectivity index (χ2v) is 10.3. The molecule has 0 radical (unpaired) electrons. The third kappa shape index (κ3) is 3.95. The molecule has 9 heteroatoms. The lowest BCUT2D eigenvalue weighted by molar-refractivity contribution is -0.120. The minimum Gasteiger partial charge on any atom is -0.377 e. The molecule has 1 fully saturated rings. The number of nitrogens with zero attached hydrogens (tertiary/aromatic N) is 4. The zero-order valence-electron chi connectivity index (χ0n) is 18.8. The van der Waals surface area contributed by atoms with Gasteiger partial charge < -0.3 is 9.30 Å². The fourth-order valence-electron chi connectivity index (χ4n) is 4.68. The highest BCUT2D eigenvalue weighted by Gasteiger charge is 2.27. The van der Waals surface area contributed by atoms with Gasteiger partial charge in [0, 0.05) is 36.9 Å². The second kappa shape index (κ2) is 9.15. The molecule has 0 spiro atoms. The summed E-state index contributed by atoms with van der Waals surface area (Å²) in [6.07, 6.45) is 8.02. The highest BCUT2D eigenvalue weighted by atomic mass is 32.2. The number of hydrogen-bond donors (Lipinski definition) is 0. The lowest BCUT2D eigenvalue weighted by Crippen LogP contribution is -2.20. The summed E-state index contributed by atoms with van der Waals surface area (Å²) in [5, 5.41) is 0.722. The smallest absolute Gasteiger partial charge is 0.269 e. The Morgan fingerprint density at radius 1 is 1.15 bits per heavy atom. The molecule has 3 aromatic heterocycles. The molecule has 0 unspecified atom stereocenters. The van der Waals surface area contributed by atoms with Crippen molar-refractivity contribution in [2.75, 3.05) is 13.2 Å². The molecule has 1 aromatic carbocycles. The first-order chi connectivity index (χ1) is 16.5. The number of hydrogen-bond acceptors (Lipinski definition) is 6. The molecular weight excluding hydrogens is 452 g/mol. The lowest BCUT2D eigenvalue weighted by Gasteiger charge is -2.25. The van der Waals surface area contributed by atoms with Crippen LogP contribution in [0, 0.1) is 0 Å². The van der Waals surface area contributed by atoms with Crippen molar-refractivity contribution in [3.63, 3.8) is 0 Å². The van der Waals surface area contributed by atoms with Crippen LogP contribution in [0.2, 0.25) is 0 Å². The Labute approximate surface area is 197 Å². The van der Waals surface area contributed by atoms with Gasteiger partial charge in [-0.1, -0.05) is 24.3 Å². The van der Waals surface area contributed by atoms with Crippen LogP contribution < -0.4 is 0 Å². The molecule has 34 heavy (non-hydrogen) atoms. The maximum atomic E-state index is 13.3. The largest absolute Gasteiger partial charge is 0.377 e. The number of Topliss-reactive ketones (excluding diaryl/α,β-unsaturated/α-hetero) is 1. The van der Waals surface area contributed by atoms with Crippen molar-refractivity contribution in [2.45, 2.75) is 43.0 Å². The van der Waals surface area contributed by atoms with Crippen molar-refractivity contribution < 1.29 is 17.9 Å². The summed E-state index contributed by atoms with van der Waals surface area (Å²) >= 11 is 0. The van der Waals surface area contributed by atoms with Gasteiger partial charge in [-0.15, -0.1) is 6.58 Å². The number of rotatable bonds is 8. The van der Waals surface area contributed by atoms with E-state index < -0.39 is 10.0 Å². The zero-order valence-corrected chi connectivity index (χ0v) is 19.6. The zero-order chi connectivity index (χ0) is 23.7. The summed E-state index contributed by atoms with van der Waals surface area (Å²) < 4.78 is 35.6. The van der Waals surface area contributed by atoms with Gasteiger partial charge in [0.1, 0.15) is 17.1 Å². The molecule has 3 heterocycles. The first-order valence-electron chi connectivity index (χ1n) is 11.4. The molecule has 0 atom stereocenters. The monoisotopic (exact) mass is 478 g/mol. The van der Waals surface area contributed by atoms with Crippen LogP contribution >= 0.6 is 0 Å². The van der Waals surface area contributed by atoms with Gasteiger partial charge in [-0.25, -0.2) is 22.4 Å². The first-order valence-corrected chi connectivity index (χ1v) is 12.8. The van der Waals surface area contributed by atoms with Crippen LogP contribution in [0.1, 0.15) is 37.5 Å². The van der Waals surface area contributed by atoms with Crippen molar-refractivity contribution in [1.29, 1.82) is 0 Å². The summed E-state index contributed by atoms with van der Waals surface area (Å²) in [5.41, 5.74) is 1.92. The van der Waals surface area contributed by atoms with Gasteiger partial charge >= 0.3 is 0 Å². The van der Waals surface area contributed by atoms with Crippen LogP contribution in [0.4, 0.5) is 0 Å².